The molecular formula is C16H16O4. The summed E-state index contributed by atoms with van der Waals surface area (Å²) < 4.78 is 10.4. The van der Waals surface area contributed by atoms with Gasteiger partial charge in [0.1, 0.15) is 22.8 Å². The lowest BCUT2D eigenvalue weighted by molar-refractivity contribution is 0.103. The van der Waals surface area contributed by atoms with Gasteiger partial charge in [-0.25, -0.2) is 0 Å². The number of phenolic OH excluding ortho intramolecular Hbond substituents is 1. The molecule has 0 aliphatic rings. The SMILES string of the molecule is COc1cc(O)c(C(=O)c2ccccc2)c(OC)c1C. The van der Waals surface area contributed by atoms with Crippen molar-refractivity contribution in [2.45, 2.75) is 6.92 Å². The van der Waals surface area contributed by atoms with Gasteiger partial charge in [0.25, 0.3) is 0 Å². The third-order valence-corrected chi connectivity index (χ3v) is 3.15. The molecule has 0 spiro atoms. The first-order valence-corrected chi connectivity index (χ1v) is 6.14. The third-order valence-electron chi connectivity index (χ3n) is 3.15. The Bertz CT molecular complexity index is 633. The highest BCUT2D eigenvalue weighted by atomic mass is 16.5. The maximum absolute atomic E-state index is 12.5. The lowest BCUT2D eigenvalue weighted by atomic mass is 9.98. The zero-order chi connectivity index (χ0) is 14.7. The molecule has 0 aliphatic heterocycles. The second kappa shape index (κ2) is 5.65. The van der Waals surface area contributed by atoms with Crippen LogP contribution < -0.4 is 9.47 Å². The van der Waals surface area contributed by atoms with Crippen molar-refractivity contribution in [2.75, 3.05) is 14.2 Å². The van der Waals surface area contributed by atoms with Crippen molar-refractivity contribution in [3.05, 3.63) is 53.1 Å². The smallest absolute Gasteiger partial charge is 0.200 e. The maximum Gasteiger partial charge on any atom is 0.200 e. The van der Waals surface area contributed by atoms with Crippen LogP contribution in [0.4, 0.5) is 0 Å². The molecule has 2 aromatic rings. The topological polar surface area (TPSA) is 55.8 Å². The predicted molar refractivity (Wildman–Crippen MR) is 75.8 cm³/mol. The molecule has 0 radical (unpaired) electrons. The molecule has 4 heteroatoms. The molecule has 4 nitrogen and oxygen atoms in total. The lowest BCUT2D eigenvalue weighted by Crippen LogP contribution is -2.06. The van der Waals surface area contributed by atoms with Gasteiger partial charge in [-0.3, -0.25) is 4.79 Å². The molecule has 0 aromatic heterocycles. The van der Waals surface area contributed by atoms with Crippen LogP contribution in [0, 0.1) is 6.92 Å². The fourth-order valence-corrected chi connectivity index (χ4v) is 2.14. The van der Waals surface area contributed by atoms with Crippen LogP contribution in [-0.4, -0.2) is 25.1 Å². The highest BCUT2D eigenvalue weighted by molar-refractivity contribution is 6.12. The van der Waals surface area contributed by atoms with Gasteiger partial charge < -0.3 is 14.6 Å². The Labute approximate surface area is 117 Å². The van der Waals surface area contributed by atoms with E-state index in [9.17, 15) is 9.90 Å². The summed E-state index contributed by atoms with van der Waals surface area (Å²) in [5, 5.41) is 10.1. The number of methoxy groups -OCH3 is 2. The molecule has 0 bridgehead atoms. The monoisotopic (exact) mass is 272 g/mol. The van der Waals surface area contributed by atoms with Crippen molar-refractivity contribution in [3.63, 3.8) is 0 Å². The van der Waals surface area contributed by atoms with E-state index in [4.69, 9.17) is 9.47 Å². The van der Waals surface area contributed by atoms with Crippen LogP contribution in [0.25, 0.3) is 0 Å². The van der Waals surface area contributed by atoms with E-state index < -0.39 is 0 Å². The molecule has 0 atom stereocenters. The number of ketones is 1. The maximum atomic E-state index is 12.5. The van der Waals surface area contributed by atoms with Gasteiger partial charge in [-0.05, 0) is 6.92 Å². The van der Waals surface area contributed by atoms with Crippen molar-refractivity contribution < 1.29 is 19.4 Å². The van der Waals surface area contributed by atoms with Crippen LogP contribution in [0.2, 0.25) is 0 Å². The normalized spacial score (nSPS) is 10.2. The second-order valence-corrected chi connectivity index (χ2v) is 4.33. The number of carbonyl (C=O) groups is 1. The molecule has 0 heterocycles. The van der Waals surface area contributed by atoms with Gasteiger partial charge in [-0.15, -0.1) is 0 Å². The predicted octanol–water partition coefficient (Wildman–Crippen LogP) is 2.95. The van der Waals surface area contributed by atoms with E-state index in [1.165, 1.54) is 20.3 Å². The van der Waals surface area contributed by atoms with E-state index in [-0.39, 0.29) is 17.1 Å². The van der Waals surface area contributed by atoms with Crippen LogP contribution in [0.5, 0.6) is 17.2 Å². The number of benzene rings is 2. The molecule has 1 N–H and O–H groups in total. The minimum atomic E-state index is -0.286. The van der Waals surface area contributed by atoms with Gasteiger partial charge >= 0.3 is 0 Å². The van der Waals surface area contributed by atoms with Gasteiger partial charge in [0.05, 0.1) is 14.2 Å². The molecule has 0 saturated carbocycles. The molecule has 0 aliphatic carbocycles. The minimum absolute atomic E-state index is 0.150. The molecule has 0 saturated heterocycles. The van der Waals surface area contributed by atoms with E-state index >= 15 is 0 Å². The van der Waals surface area contributed by atoms with E-state index in [2.05, 4.69) is 0 Å². The Balaban J connectivity index is 2.62. The number of aromatic hydroxyl groups is 1. The summed E-state index contributed by atoms with van der Waals surface area (Å²) in [6, 6.07) is 10.2. The first kappa shape index (κ1) is 13.9. The van der Waals surface area contributed by atoms with Crippen molar-refractivity contribution >= 4 is 5.78 Å². The fraction of sp³-hybridized carbons (Fsp3) is 0.188. The molecule has 0 fully saturated rings. The first-order valence-electron chi connectivity index (χ1n) is 6.14. The van der Waals surface area contributed by atoms with Gasteiger partial charge in [-0.1, -0.05) is 30.3 Å². The van der Waals surface area contributed by atoms with Gasteiger partial charge in [0.2, 0.25) is 5.78 Å². The fourth-order valence-electron chi connectivity index (χ4n) is 2.14. The second-order valence-electron chi connectivity index (χ2n) is 4.33. The Kier molecular flexibility index (Phi) is 3.94. The van der Waals surface area contributed by atoms with Crippen molar-refractivity contribution in [1.29, 1.82) is 0 Å². The number of rotatable bonds is 4. The molecule has 0 unspecified atom stereocenters. The van der Waals surface area contributed by atoms with Crippen molar-refractivity contribution in [1.82, 2.24) is 0 Å². The van der Waals surface area contributed by atoms with E-state index in [0.29, 0.717) is 22.6 Å². The summed E-state index contributed by atoms with van der Waals surface area (Å²) in [5.74, 6) is 0.364. The van der Waals surface area contributed by atoms with Crippen LogP contribution in [0.3, 0.4) is 0 Å². The standard InChI is InChI=1S/C16H16O4/c1-10-13(19-2)9-12(17)14(16(10)20-3)15(18)11-7-5-4-6-8-11/h4-9,17H,1-3H3. The number of hydrogen-bond acceptors (Lipinski definition) is 4. The molecule has 104 valence electrons. The van der Waals surface area contributed by atoms with Gasteiger partial charge in [0, 0.05) is 17.2 Å². The van der Waals surface area contributed by atoms with E-state index in [1.807, 2.05) is 6.07 Å². The van der Waals surface area contributed by atoms with Crippen LogP contribution in [0.15, 0.2) is 36.4 Å². The van der Waals surface area contributed by atoms with Crippen molar-refractivity contribution in [2.24, 2.45) is 0 Å². The summed E-state index contributed by atoms with van der Waals surface area (Å²) >= 11 is 0. The number of ether oxygens (including phenoxy) is 2. The Hall–Kier alpha value is -2.49. The molecular weight excluding hydrogens is 256 g/mol. The summed E-state index contributed by atoms with van der Waals surface area (Å²) in [6.45, 7) is 1.78. The highest BCUT2D eigenvalue weighted by Gasteiger charge is 2.23. The summed E-state index contributed by atoms with van der Waals surface area (Å²) in [5.41, 5.74) is 1.31. The van der Waals surface area contributed by atoms with E-state index in [0.717, 1.165) is 0 Å². The molecule has 20 heavy (non-hydrogen) atoms. The summed E-state index contributed by atoms with van der Waals surface area (Å²) in [4.78, 5) is 12.5. The zero-order valence-electron chi connectivity index (χ0n) is 11.6. The van der Waals surface area contributed by atoms with Gasteiger partial charge in [-0.2, -0.15) is 0 Å². The number of carbonyl (C=O) groups excluding carboxylic acids is 1. The van der Waals surface area contributed by atoms with E-state index in [1.54, 1.807) is 31.2 Å². The van der Waals surface area contributed by atoms with Crippen LogP contribution in [0.1, 0.15) is 21.5 Å². The zero-order valence-corrected chi connectivity index (χ0v) is 11.6. The van der Waals surface area contributed by atoms with Gasteiger partial charge in [0.15, 0.2) is 0 Å². The Morgan fingerprint density at radius 2 is 1.75 bits per heavy atom. The van der Waals surface area contributed by atoms with Crippen molar-refractivity contribution in [3.8, 4) is 17.2 Å². The van der Waals surface area contributed by atoms with Crippen LogP contribution in [-0.2, 0) is 0 Å². The third kappa shape index (κ3) is 2.32. The molecule has 0 amide bonds. The highest BCUT2D eigenvalue weighted by Crippen LogP contribution is 2.39. The lowest BCUT2D eigenvalue weighted by Gasteiger charge is -2.15. The number of hydrogen-bond donors (Lipinski definition) is 1. The Morgan fingerprint density at radius 3 is 2.30 bits per heavy atom. The molecule has 2 rings (SSSR count). The number of phenols is 1. The summed E-state index contributed by atoms with van der Waals surface area (Å²) in [7, 11) is 2.96. The minimum Gasteiger partial charge on any atom is -0.507 e. The Morgan fingerprint density at radius 1 is 1.10 bits per heavy atom. The average Bonchev–Trinajstić information content (AvgIpc) is 2.48. The van der Waals surface area contributed by atoms with Crippen LogP contribution >= 0.6 is 0 Å². The largest absolute Gasteiger partial charge is 0.507 e. The average molecular weight is 272 g/mol. The first-order chi connectivity index (χ1) is 9.60. The summed E-state index contributed by atoms with van der Waals surface area (Å²) in [6.07, 6.45) is 0. The quantitative estimate of drug-likeness (QED) is 0.869. The molecule has 2 aromatic carbocycles.